The summed E-state index contributed by atoms with van der Waals surface area (Å²) in [6.45, 7) is 7.59. The van der Waals surface area contributed by atoms with Gasteiger partial charge in [0, 0.05) is 54.3 Å². The summed E-state index contributed by atoms with van der Waals surface area (Å²) < 4.78 is 0. The van der Waals surface area contributed by atoms with E-state index in [1.165, 1.54) is 34.7 Å². The average molecular weight is 418 g/mol. The molecule has 0 radical (unpaired) electrons. The number of hydrogen-bond acceptors (Lipinski definition) is 4. The average Bonchev–Trinajstić information content (AvgIpc) is 3.52. The van der Waals surface area contributed by atoms with Crippen LogP contribution in [0, 0.1) is 13.8 Å². The lowest BCUT2D eigenvalue weighted by Crippen LogP contribution is -2.49. The van der Waals surface area contributed by atoms with Gasteiger partial charge in [-0.2, -0.15) is 0 Å². The SMILES string of the molecule is Cc1cccc(N2CCN(C(=O)c3ccc(-c4csc(C5CC5)n4)cc3)CC2)c1C. The molecule has 5 heteroatoms. The molecule has 0 spiro atoms. The zero-order valence-electron chi connectivity index (χ0n) is 17.6. The van der Waals surface area contributed by atoms with Crippen molar-refractivity contribution < 1.29 is 4.79 Å². The molecule has 1 saturated heterocycles. The van der Waals surface area contributed by atoms with Crippen molar-refractivity contribution in [3.63, 3.8) is 0 Å². The second kappa shape index (κ2) is 7.88. The van der Waals surface area contributed by atoms with E-state index < -0.39 is 0 Å². The largest absolute Gasteiger partial charge is 0.368 e. The Bertz CT molecular complexity index is 1060. The number of hydrogen-bond donors (Lipinski definition) is 0. The summed E-state index contributed by atoms with van der Waals surface area (Å²) in [5.41, 5.74) is 6.82. The minimum Gasteiger partial charge on any atom is -0.368 e. The van der Waals surface area contributed by atoms with Crippen LogP contribution >= 0.6 is 11.3 Å². The Kier molecular flexibility index (Phi) is 5.07. The van der Waals surface area contributed by atoms with E-state index in [0.717, 1.165) is 43.0 Å². The first kappa shape index (κ1) is 19.3. The molecule has 0 unspecified atom stereocenters. The summed E-state index contributed by atoms with van der Waals surface area (Å²) in [7, 11) is 0. The van der Waals surface area contributed by atoms with E-state index >= 15 is 0 Å². The fourth-order valence-corrected chi connectivity index (χ4v) is 5.13. The molecule has 30 heavy (non-hydrogen) atoms. The van der Waals surface area contributed by atoms with Gasteiger partial charge in [-0.05, 0) is 56.0 Å². The van der Waals surface area contributed by atoms with Crippen molar-refractivity contribution in [1.29, 1.82) is 0 Å². The maximum Gasteiger partial charge on any atom is 0.253 e. The zero-order valence-corrected chi connectivity index (χ0v) is 18.4. The van der Waals surface area contributed by atoms with E-state index in [2.05, 4.69) is 42.3 Å². The number of benzene rings is 2. The molecule has 1 aromatic heterocycles. The van der Waals surface area contributed by atoms with Gasteiger partial charge in [0.1, 0.15) is 0 Å². The van der Waals surface area contributed by atoms with Gasteiger partial charge in [0.2, 0.25) is 0 Å². The Morgan fingerprint density at radius 3 is 2.43 bits per heavy atom. The highest BCUT2D eigenvalue weighted by atomic mass is 32.1. The summed E-state index contributed by atoms with van der Waals surface area (Å²) in [5, 5.41) is 3.39. The molecular weight excluding hydrogens is 390 g/mol. The van der Waals surface area contributed by atoms with Gasteiger partial charge < -0.3 is 9.80 Å². The van der Waals surface area contributed by atoms with E-state index in [4.69, 9.17) is 4.98 Å². The molecule has 154 valence electrons. The summed E-state index contributed by atoms with van der Waals surface area (Å²) in [6.07, 6.45) is 2.55. The molecule has 0 bridgehead atoms. The molecule has 5 rings (SSSR count). The van der Waals surface area contributed by atoms with E-state index in [1.54, 1.807) is 11.3 Å². The lowest BCUT2D eigenvalue weighted by Gasteiger charge is -2.37. The number of thiazole rings is 1. The normalized spacial score (nSPS) is 16.7. The van der Waals surface area contributed by atoms with Crippen molar-refractivity contribution >= 4 is 22.9 Å². The summed E-state index contributed by atoms with van der Waals surface area (Å²) in [4.78, 5) is 22.2. The van der Waals surface area contributed by atoms with Gasteiger partial charge in [0.25, 0.3) is 5.91 Å². The quantitative estimate of drug-likeness (QED) is 0.580. The number of carbonyl (C=O) groups excluding carboxylic acids is 1. The molecule has 1 aliphatic carbocycles. The third kappa shape index (κ3) is 3.74. The van der Waals surface area contributed by atoms with Crippen molar-refractivity contribution in [3.8, 4) is 11.3 Å². The third-order valence-corrected chi connectivity index (χ3v) is 7.37. The predicted molar refractivity (Wildman–Crippen MR) is 124 cm³/mol. The Morgan fingerprint density at radius 2 is 1.73 bits per heavy atom. The second-order valence-corrected chi connectivity index (χ2v) is 9.31. The monoisotopic (exact) mass is 417 g/mol. The van der Waals surface area contributed by atoms with Crippen molar-refractivity contribution in [2.45, 2.75) is 32.6 Å². The first-order valence-corrected chi connectivity index (χ1v) is 11.6. The minimum absolute atomic E-state index is 0.124. The van der Waals surface area contributed by atoms with E-state index in [9.17, 15) is 4.79 Å². The number of carbonyl (C=O) groups is 1. The van der Waals surface area contributed by atoms with Crippen LogP contribution in [0.5, 0.6) is 0 Å². The van der Waals surface area contributed by atoms with Crippen molar-refractivity contribution in [2.75, 3.05) is 31.1 Å². The molecule has 4 nitrogen and oxygen atoms in total. The van der Waals surface area contributed by atoms with Crippen molar-refractivity contribution in [3.05, 3.63) is 69.5 Å². The highest BCUT2D eigenvalue weighted by molar-refractivity contribution is 7.10. The van der Waals surface area contributed by atoms with Gasteiger partial charge in [-0.1, -0.05) is 24.3 Å². The fourth-order valence-electron chi connectivity index (χ4n) is 4.13. The molecule has 1 amide bonds. The van der Waals surface area contributed by atoms with Crippen LogP contribution in [-0.4, -0.2) is 42.0 Å². The van der Waals surface area contributed by atoms with Crippen molar-refractivity contribution in [2.24, 2.45) is 0 Å². The molecule has 2 aliphatic rings. The highest BCUT2D eigenvalue weighted by Gasteiger charge is 2.27. The first-order valence-electron chi connectivity index (χ1n) is 10.8. The van der Waals surface area contributed by atoms with Gasteiger partial charge in [-0.25, -0.2) is 4.98 Å². The standard InChI is InChI=1S/C25H27N3OS/c1-17-4-3-5-23(18(17)2)27-12-14-28(15-13-27)25(29)21-10-6-19(7-11-21)22-16-30-24(26-22)20-8-9-20/h3-7,10-11,16,20H,8-9,12-15H2,1-2H3. The van der Waals surface area contributed by atoms with E-state index in [0.29, 0.717) is 5.92 Å². The van der Waals surface area contributed by atoms with Gasteiger partial charge in [0.05, 0.1) is 10.7 Å². The molecule has 0 N–H and O–H groups in total. The fraction of sp³-hybridized carbons (Fsp3) is 0.360. The van der Waals surface area contributed by atoms with Crippen LogP contribution in [0.2, 0.25) is 0 Å². The number of nitrogens with zero attached hydrogens (tertiary/aromatic N) is 3. The smallest absolute Gasteiger partial charge is 0.253 e. The van der Waals surface area contributed by atoms with Crippen LogP contribution in [0.4, 0.5) is 5.69 Å². The van der Waals surface area contributed by atoms with Crippen LogP contribution in [0.15, 0.2) is 47.8 Å². The topological polar surface area (TPSA) is 36.4 Å². The number of aryl methyl sites for hydroxylation is 1. The Morgan fingerprint density at radius 1 is 1.00 bits per heavy atom. The Balaban J connectivity index is 1.23. The summed E-state index contributed by atoms with van der Waals surface area (Å²) in [5.74, 6) is 0.811. The zero-order chi connectivity index (χ0) is 20.7. The van der Waals surface area contributed by atoms with Crippen LogP contribution in [0.25, 0.3) is 11.3 Å². The molecular formula is C25H27N3OS. The molecule has 3 aromatic rings. The second-order valence-electron chi connectivity index (χ2n) is 8.42. The maximum atomic E-state index is 13.0. The Hall–Kier alpha value is -2.66. The molecule has 2 heterocycles. The first-order chi connectivity index (χ1) is 14.6. The molecule has 0 atom stereocenters. The number of rotatable bonds is 4. The van der Waals surface area contributed by atoms with Crippen LogP contribution < -0.4 is 4.90 Å². The number of anilines is 1. The van der Waals surface area contributed by atoms with Crippen molar-refractivity contribution in [1.82, 2.24) is 9.88 Å². The lowest BCUT2D eigenvalue weighted by atomic mass is 10.1. The number of piperazine rings is 1. The van der Waals surface area contributed by atoms with Crippen LogP contribution in [0.1, 0.15) is 45.3 Å². The predicted octanol–water partition coefficient (Wildman–Crippen LogP) is 5.27. The highest BCUT2D eigenvalue weighted by Crippen LogP contribution is 2.42. The van der Waals surface area contributed by atoms with Gasteiger partial charge in [-0.15, -0.1) is 11.3 Å². The van der Waals surface area contributed by atoms with Gasteiger partial charge in [0.15, 0.2) is 0 Å². The van der Waals surface area contributed by atoms with E-state index in [-0.39, 0.29) is 5.91 Å². The molecule has 1 saturated carbocycles. The lowest BCUT2D eigenvalue weighted by molar-refractivity contribution is 0.0747. The summed E-state index contributed by atoms with van der Waals surface area (Å²) >= 11 is 1.76. The van der Waals surface area contributed by atoms with E-state index in [1.807, 2.05) is 29.2 Å². The van der Waals surface area contributed by atoms with Gasteiger partial charge >= 0.3 is 0 Å². The molecule has 2 aromatic carbocycles. The number of aromatic nitrogens is 1. The van der Waals surface area contributed by atoms with Gasteiger partial charge in [-0.3, -0.25) is 4.79 Å². The summed E-state index contributed by atoms with van der Waals surface area (Å²) in [6, 6.07) is 14.4. The van der Waals surface area contributed by atoms with Crippen LogP contribution in [0.3, 0.4) is 0 Å². The Labute approximate surface area is 182 Å². The maximum absolute atomic E-state index is 13.0. The van der Waals surface area contributed by atoms with Crippen LogP contribution in [-0.2, 0) is 0 Å². The third-order valence-electron chi connectivity index (χ3n) is 6.36. The molecule has 2 fully saturated rings. The minimum atomic E-state index is 0.124. The molecule has 1 aliphatic heterocycles. The number of amides is 1.